The summed E-state index contributed by atoms with van der Waals surface area (Å²) in [6.07, 6.45) is 24.7. The van der Waals surface area contributed by atoms with E-state index in [-0.39, 0.29) is 17.1 Å². The Balaban J connectivity index is 2.62. The first-order chi connectivity index (χ1) is 18.4. The molecule has 8 nitrogen and oxygen atoms in total. The molecule has 0 spiro atoms. The van der Waals surface area contributed by atoms with E-state index in [1.54, 1.807) is 0 Å². The fourth-order valence-corrected chi connectivity index (χ4v) is 5.04. The summed E-state index contributed by atoms with van der Waals surface area (Å²) < 4.78 is 0. The van der Waals surface area contributed by atoms with E-state index in [2.05, 4.69) is 18.7 Å². The smallest absolute Gasteiger partial charge is 0.301 e. The molecule has 0 aliphatic carbocycles. The molecule has 0 saturated heterocycles. The Hall–Kier alpha value is -2.38. The molecular weight excluding hydrogens is 480 g/mol. The molecule has 0 radical (unpaired) electrons. The number of benzene rings is 1. The Morgan fingerprint density at radius 1 is 0.579 bits per heavy atom. The number of unbranched alkanes of at least 4 members (excludes halogenated alkanes) is 18. The van der Waals surface area contributed by atoms with Crippen LogP contribution in [0.5, 0.6) is 0 Å². The molecule has 1 aromatic rings. The minimum atomic E-state index is -0.620. The van der Waals surface area contributed by atoms with Gasteiger partial charge in [-0.15, -0.1) is 0 Å². The van der Waals surface area contributed by atoms with Gasteiger partial charge in [-0.25, -0.2) is 0 Å². The molecule has 0 bridgehead atoms. The van der Waals surface area contributed by atoms with E-state index in [0.717, 1.165) is 38.8 Å². The predicted molar refractivity (Wildman–Crippen MR) is 160 cm³/mol. The molecule has 38 heavy (non-hydrogen) atoms. The summed E-state index contributed by atoms with van der Waals surface area (Å²) in [5, 5.41) is 23.1. The van der Waals surface area contributed by atoms with Crippen molar-refractivity contribution in [2.24, 2.45) is 0 Å². The summed E-state index contributed by atoms with van der Waals surface area (Å²) in [5.74, 6) is 0. The van der Waals surface area contributed by atoms with Gasteiger partial charge in [0.25, 0.3) is 0 Å². The van der Waals surface area contributed by atoms with Gasteiger partial charge in [-0.05, 0) is 12.8 Å². The monoisotopic (exact) mass is 534 g/mol. The van der Waals surface area contributed by atoms with Gasteiger partial charge < -0.3 is 10.6 Å². The number of rotatable bonds is 25. The zero-order valence-corrected chi connectivity index (χ0v) is 24.3. The number of nitrogens with two attached hydrogens (primary N) is 1. The first-order valence-corrected chi connectivity index (χ1v) is 15.4. The molecule has 1 rings (SSSR count). The van der Waals surface area contributed by atoms with Crippen molar-refractivity contribution in [2.75, 3.05) is 23.7 Å². The number of hydrogen-bond donors (Lipinski definition) is 1. The molecule has 0 fully saturated rings. The van der Waals surface area contributed by atoms with Crippen LogP contribution in [-0.2, 0) is 0 Å². The van der Waals surface area contributed by atoms with E-state index in [4.69, 9.17) is 5.73 Å². The Kier molecular flexibility index (Phi) is 19.1. The van der Waals surface area contributed by atoms with E-state index in [0.29, 0.717) is 5.69 Å². The zero-order valence-electron chi connectivity index (χ0n) is 24.3. The van der Waals surface area contributed by atoms with Crippen LogP contribution in [0.4, 0.5) is 22.7 Å². The summed E-state index contributed by atoms with van der Waals surface area (Å²) in [6, 6.07) is 2.82. The Labute approximate surface area is 231 Å². The standard InChI is InChI=1S/C30H54N4O4/c1-3-5-7-9-11-13-15-17-19-21-23-32(24-22-20-18-16-14-12-10-8-6-4-2)27-25-28(33(35)36)30(31)29(26-27)34(37)38/h25-26H,3-24,31H2,1-2H3. The molecule has 0 aromatic heterocycles. The van der Waals surface area contributed by atoms with Crippen LogP contribution in [0.1, 0.15) is 142 Å². The average Bonchev–Trinajstić information content (AvgIpc) is 2.89. The van der Waals surface area contributed by atoms with Crippen molar-refractivity contribution >= 4 is 22.7 Å². The maximum absolute atomic E-state index is 11.5. The highest BCUT2D eigenvalue weighted by Gasteiger charge is 2.26. The largest absolute Gasteiger partial charge is 0.387 e. The topological polar surface area (TPSA) is 116 Å². The summed E-state index contributed by atoms with van der Waals surface area (Å²) in [6.45, 7) is 5.96. The van der Waals surface area contributed by atoms with Gasteiger partial charge in [0.05, 0.1) is 15.5 Å². The van der Waals surface area contributed by atoms with Gasteiger partial charge in [0.15, 0.2) is 5.69 Å². The van der Waals surface area contributed by atoms with Crippen molar-refractivity contribution in [3.63, 3.8) is 0 Å². The number of hydrogen-bond acceptors (Lipinski definition) is 6. The second-order valence-corrected chi connectivity index (χ2v) is 10.8. The van der Waals surface area contributed by atoms with Crippen molar-refractivity contribution in [2.45, 2.75) is 142 Å². The Morgan fingerprint density at radius 3 is 1.16 bits per heavy atom. The average molecular weight is 535 g/mol. The highest BCUT2D eigenvalue weighted by Crippen LogP contribution is 2.36. The molecule has 0 aliphatic rings. The van der Waals surface area contributed by atoms with Crippen LogP contribution in [0.2, 0.25) is 0 Å². The van der Waals surface area contributed by atoms with Crippen LogP contribution in [0, 0.1) is 20.2 Å². The molecule has 0 heterocycles. The fraction of sp³-hybridized carbons (Fsp3) is 0.800. The normalized spacial score (nSPS) is 11.1. The minimum Gasteiger partial charge on any atom is -0.387 e. The van der Waals surface area contributed by atoms with E-state index < -0.39 is 9.85 Å². The van der Waals surface area contributed by atoms with Gasteiger partial charge in [0.1, 0.15) is 0 Å². The van der Waals surface area contributed by atoms with E-state index in [9.17, 15) is 20.2 Å². The quantitative estimate of drug-likeness (QED) is 0.0577. The third kappa shape index (κ3) is 14.5. The molecule has 0 aliphatic heterocycles. The number of nitrogen functional groups attached to an aromatic ring is 1. The third-order valence-electron chi connectivity index (χ3n) is 7.44. The van der Waals surface area contributed by atoms with Crippen molar-refractivity contribution in [3.05, 3.63) is 32.4 Å². The number of anilines is 2. The second-order valence-electron chi connectivity index (χ2n) is 10.8. The highest BCUT2D eigenvalue weighted by molar-refractivity contribution is 5.77. The van der Waals surface area contributed by atoms with Crippen LogP contribution in [-0.4, -0.2) is 22.9 Å². The Morgan fingerprint density at radius 2 is 0.868 bits per heavy atom. The molecule has 8 heteroatoms. The number of nitro benzene ring substituents is 2. The van der Waals surface area contributed by atoms with Crippen LogP contribution < -0.4 is 10.6 Å². The second kappa shape index (κ2) is 21.5. The molecule has 218 valence electrons. The highest BCUT2D eigenvalue weighted by atomic mass is 16.6. The lowest BCUT2D eigenvalue weighted by Crippen LogP contribution is -2.26. The first kappa shape index (κ1) is 33.6. The molecule has 2 N–H and O–H groups in total. The summed E-state index contributed by atoms with van der Waals surface area (Å²) in [7, 11) is 0. The van der Waals surface area contributed by atoms with Crippen molar-refractivity contribution in [1.29, 1.82) is 0 Å². The minimum absolute atomic E-state index is 0.374. The van der Waals surface area contributed by atoms with Gasteiger partial charge in [0, 0.05) is 25.2 Å². The van der Waals surface area contributed by atoms with E-state index in [1.807, 2.05) is 0 Å². The van der Waals surface area contributed by atoms with Crippen molar-refractivity contribution in [3.8, 4) is 0 Å². The summed E-state index contributed by atoms with van der Waals surface area (Å²) in [5.41, 5.74) is 5.16. The van der Waals surface area contributed by atoms with Crippen LogP contribution in [0.15, 0.2) is 12.1 Å². The van der Waals surface area contributed by atoms with Crippen molar-refractivity contribution < 1.29 is 9.85 Å². The van der Waals surface area contributed by atoms with Crippen LogP contribution in [0.3, 0.4) is 0 Å². The van der Waals surface area contributed by atoms with E-state index >= 15 is 0 Å². The zero-order chi connectivity index (χ0) is 28.0. The fourth-order valence-electron chi connectivity index (χ4n) is 5.04. The van der Waals surface area contributed by atoms with Crippen LogP contribution >= 0.6 is 0 Å². The maximum atomic E-state index is 11.5. The van der Waals surface area contributed by atoms with Crippen LogP contribution in [0.25, 0.3) is 0 Å². The number of nitrogens with zero attached hydrogens (tertiary/aromatic N) is 3. The molecule has 1 aromatic carbocycles. The molecule has 0 atom stereocenters. The van der Waals surface area contributed by atoms with Gasteiger partial charge in [-0.2, -0.15) is 0 Å². The first-order valence-electron chi connectivity index (χ1n) is 15.4. The van der Waals surface area contributed by atoms with Gasteiger partial charge in [-0.1, -0.05) is 129 Å². The van der Waals surface area contributed by atoms with Gasteiger partial charge in [0.2, 0.25) is 0 Å². The molecular formula is C30H54N4O4. The Bertz CT molecular complexity index is 729. The SMILES string of the molecule is CCCCCCCCCCCCN(CCCCCCCCCCCC)c1cc([N+](=O)[O-])c(N)c([N+](=O)[O-])c1. The lowest BCUT2D eigenvalue weighted by Gasteiger charge is -2.25. The van der Waals surface area contributed by atoms with Crippen molar-refractivity contribution in [1.82, 2.24) is 0 Å². The predicted octanol–water partition coefficient (Wildman–Crippen LogP) is 9.73. The number of nitro groups is 2. The summed E-state index contributed by atoms with van der Waals surface area (Å²) in [4.78, 5) is 23.9. The van der Waals surface area contributed by atoms with Gasteiger partial charge in [-0.3, -0.25) is 20.2 Å². The summed E-state index contributed by atoms with van der Waals surface area (Å²) >= 11 is 0. The molecule has 0 amide bonds. The lowest BCUT2D eigenvalue weighted by atomic mass is 10.1. The lowest BCUT2D eigenvalue weighted by molar-refractivity contribution is -0.392. The molecule has 0 unspecified atom stereocenters. The van der Waals surface area contributed by atoms with Gasteiger partial charge >= 0.3 is 11.4 Å². The molecule has 0 saturated carbocycles. The third-order valence-corrected chi connectivity index (χ3v) is 7.44. The maximum Gasteiger partial charge on any atom is 0.301 e. The van der Waals surface area contributed by atoms with E-state index in [1.165, 1.54) is 115 Å².